The molecule has 1 aromatic heterocycles. The van der Waals surface area contributed by atoms with Gasteiger partial charge in [-0.1, -0.05) is 6.07 Å². The highest BCUT2D eigenvalue weighted by atomic mass is 16.5. The van der Waals surface area contributed by atoms with Gasteiger partial charge in [-0.2, -0.15) is 0 Å². The highest BCUT2D eigenvalue weighted by molar-refractivity contribution is 5.92. The van der Waals surface area contributed by atoms with Crippen molar-refractivity contribution < 1.29 is 9.53 Å². The number of carbonyl (C=O) groups excluding carboxylic acids is 1. The van der Waals surface area contributed by atoms with E-state index in [1.807, 2.05) is 19.1 Å². The van der Waals surface area contributed by atoms with Crippen LogP contribution in [0, 0.1) is 12.8 Å². The number of rotatable bonds is 4. The van der Waals surface area contributed by atoms with Crippen molar-refractivity contribution in [2.24, 2.45) is 5.92 Å². The largest absolute Gasteiger partial charge is 0.381 e. The number of hydrogen-bond donors (Lipinski definition) is 1. The van der Waals surface area contributed by atoms with Gasteiger partial charge in [-0.25, -0.2) is 4.98 Å². The Kier molecular flexibility index (Phi) is 5.05. The molecule has 2 saturated heterocycles. The highest BCUT2D eigenvalue weighted by Gasteiger charge is 2.24. The maximum absolute atomic E-state index is 12.2. The second kappa shape index (κ2) is 7.20. The smallest absolute Gasteiger partial charge is 0.270 e. The zero-order valence-corrected chi connectivity index (χ0v) is 13.3. The van der Waals surface area contributed by atoms with Crippen LogP contribution >= 0.6 is 0 Å². The number of aryl methyl sites for hydroxylation is 1. The summed E-state index contributed by atoms with van der Waals surface area (Å²) in [5, 5.41) is 3.12. The van der Waals surface area contributed by atoms with Gasteiger partial charge in [0, 0.05) is 38.0 Å². The minimum Gasteiger partial charge on any atom is -0.381 e. The van der Waals surface area contributed by atoms with Crippen LogP contribution in [0.25, 0.3) is 0 Å². The molecule has 0 bridgehead atoms. The second-order valence-electron chi connectivity index (χ2n) is 6.44. The van der Waals surface area contributed by atoms with E-state index in [0.717, 1.165) is 51.4 Å². The van der Waals surface area contributed by atoms with E-state index in [-0.39, 0.29) is 11.9 Å². The topological polar surface area (TPSA) is 54.5 Å². The lowest BCUT2D eigenvalue weighted by molar-refractivity contribution is 0.0898. The number of carbonyl (C=O) groups is 1. The predicted octanol–water partition coefficient (Wildman–Crippen LogP) is 1.62. The van der Waals surface area contributed by atoms with Crippen LogP contribution in [0.2, 0.25) is 0 Å². The maximum Gasteiger partial charge on any atom is 0.270 e. The summed E-state index contributed by atoms with van der Waals surface area (Å²) in [6.45, 7) is 6.99. The molecule has 22 heavy (non-hydrogen) atoms. The summed E-state index contributed by atoms with van der Waals surface area (Å²) in [5.41, 5.74) is 1.40. The number of likely N-dealkylation sites (tertiary alicyclic amines) is 1. The molecule has 1 amide bonds. The molecule has 0 spiro atoms. The first-order valence-corrected chi connectivity index (χ1v) is 8.25. The molecule has 2 aliphatic heterocycles. The van der Waals surface area contributed by atoms with Crippen LogP contribution in [0.5, 0.6) is 0 Å². The molecule has 3 heterocycles. The van der Waals surface area contributed by atoms with Crippen molar-refractivity contribution in [1.29, 1.82) is 0 Å². The van der Waals surface area contributed by atoms with Gasteiger partial charge in [0.15, 0.2) is 0 Å². The fourth-order valence-electron chi connectivity index (χ4n) is 3.28. The van der Waals surface area contributed by atoms with Crippen LogP contribution in [0.1, 0.15) is 35.4 Å². The molecular weight excluding hydrogens is 278 g/mol. The molecule has 0 aromatic carbocycles. The highest BCUT2D eigenvalue weighted by Crippen LogP contribution is 2.17. The van der Waals surface area contributed by atoms with E-state index in [4.69, 9.17) is 4.74 Å². The molecule has 0 aliphatic carbocycles. The third-order valence-corrected chi connectivity index (χ3v) is 4.58. The summed E-state index contributed by atoms with van der Waals surface area (Å²) in [5.74, 6) is 0.647. The number of ether oxygens (including phenoxy) is 1. The van der Waals surface area contributed by atoms with E-state index in [1.54, 1.807) is 6.07 Å². The summed E-state index contributed by atoms with van der Waals surface area (Å²) in [7, 11) is 0. The lowest BCUT2D eigenvalue weighted by atomic mass is 10.0. The molecule has 1 aromatic rings. The standard InChI is InChI=1S/C17H25N3O2/c1-13-3-2-4-16(18-13)17(21)19-15-5-8-20(9-6-15)11-14-7-10-22-12-14/h2-4,14-15H,5-12H2,1H3,(H,19,21). The first-order chi connectivity index (χ1) is 10.7. The van der Waals surface area contributed by atoms with Crippen molar-refractivity contribution in [3.8, 4) is 0 Å². The number of piperidine rings is 1. The first kappa shape index (κ1) is 15.4. The van der Waals surface area contributed by atoms with Crippen molar-refractivity contribution in [1.82, 2.24) is 15.2 Å². The summed E-state index contributed by atoms with van der Waals surface area (Å²) in [6.07, 6.45) is 3.23. The quantitative estimate of drug-likeness (QED) is 0.918. The third-order valence-electron chi connectivity index (χ3n) is 4.58. The average Bonchev–Trinajstić information content (AvgIpc) is 3.02. The van der Waals surface area contributed by atoms with Crippen LogP contribution in [0.4, 0.5) is 0 Å². The monoisotopic (exact) mass is 303 g/mol. The van der Waals surface area contributed by atoms with E-state index < -0.39 is 0 Å². The van der Waals surface area contributed by atoms with E-state index in [9.17, 15) is 4.79 Å². The van der Waals surface area contributed by atoms with Crippen molar-refractivity contribution in [2.75, 3.05) is 32.8 Å². The van der Waals surface area contributed by atoms with Crippen LogP contribution < -0.4 is 5.32 Å². The fourth-order valence-corrected chi connectivity index (χ4v) is 3.28. The van der Waals surface area contributed by atoms with Gasteiger partial charge in [-0.3, -0.25) is 4.79 Å². The van der Waals surface area contributed by atoms with Gasteiger partial charge in [-0.15, -0.1) is 0 Å². The van der Waals surface area contributed by atoms with Gasteiger partial charge in [0.25, 0.3) is 5.91 Å². The molecule has 120 valence electrons. The van der Waals surface area contributed by atoms with Crippen molar-refractivity contribution in [3.63, 3.8) is 0 Å². The number of nitrogens with one attached hydrogen (secondary N) is 1. The molecule has 2 aliphatic rings. The Morgan fingerprint density at radius 1 is 1.36 bits per heavy atom. The molecule has 0 saturated carbocycles. The van der Waals surface area contributed by atoms with Crippen LogP contribution in [-0.2, 0) is 4.74 Å². The van der Waals surface area contributed by atoms with E-state index in [0.29, 0.717) is 11.6 Å². The Hall–Kier alpha value is -1.46. The fraction of sp³-hybridized carbons (Fsp3) is 0.647. The summed E-state index contributed by atoms with van der Waals surface area (Å²) in [6, 6.07) is 5.83. The Bertz CT molecular complexity index is 506. The lowest BCUT2D eigenvalue weighted by Gasteiger charge is -2.33. The summed E-state index contributed by atoms with van der Waals surface area (Å²) >= 11 is 0. The minimum atomic E-state index is -0.0497. The summed E-state index contributed by atoms with van der Waals surface area (Å²) < 4.78 is 5.44. The molecule has 1 N–H and O–H groups in total. The molecule has 1 unspecified atom stereocenters. The molecule has 5 heteroatoms. The lowest BCUT2D eigenvalue weighted by Crippen LogP contribution is -2.46. The van der Waals surface area contributed by atoms with Crippen molar-refractivity contribution in [3.05, 3.63) is 29.6 Å². The Balaban J connectivity index is 1.44. The molecular formula is C17H25N3O2. The predicted molar refractivity (Wildman–Crippen MR) is 84.8 cm³/mol. The zero-order valence-electron chi connectivity index (χ0n) is 13.3. The molecule has 3 rings (SSSR count). The van der Waals surface area contributed by atoms with E-state index in [2.05, 4.69) is 15.2 Å². The number of hydrogen-bond acceptors (Lipinski definition) is 4. The zero-order chi connectivity index (χ0) is 15.4. The summed E-state index contributed by atoms with van der Waals surface area (Å²) in [4.78, 5) is 19.0. The first-order valence-electron chi connectivity index (χ1n) is 8.25. The normalized spacial score (nSPS) is 23.6. The molecule has 1 atom stereocenters. The molecule has 5 nitrogen and oxygen atoms in total. The maximum atomic E-state index is 12.2. The van der Waals surface area contributed by atoms with Gasteiger partial charge < -0.3 is 15.0 Å². The van der Waals surface area contributed by atoms with Crippen LogP contribution in [0.3, 0.4) is 0 Å². The minimum absolute atomic E-state index is 0.0497. The number of nitrogens with zero attached hydrogens (tertiary/aromatic N) is 2. The molecule has 0 radical (unpaired) electrons. The van der Waals surface area contributed by atoms with Gasteiger partial charge in [0.1, 0.15) is 5.69 Å². The van der Waals surface area contributed by atoms with E-state index >= 15 is 0 Å². The van der Waals surface area contributed by atoms with Gasteiger partial charge in [0.2, 0.25) is 0 Å². The van der Waals surface area contributed by atoms with Crippen LogP contribution in [-0.4, -0.2) is 54.7 Å². The van der Waals surface area contributed by atoms with Crippen molar-refractivity contribution >= 4 is 5.91 Å². The number of pyridine rings is 1. The average molecular weight is 303 g/mol. The van der Waals surface area contributed by atoms with Crippen LogP contribution in [0.15, 0.2) is 18.2 Å². The van der Waals surface area contributed by atoms with E-state index in [1.165, 1.54) is 6.42 Å². The SMILES string of the molecule is Cc1cccc(C(=O)NC2CCN(CC3CCOC3)CC2)n1. The van der Waals surface area contributed by atoms with Gasteiger partial charge in [0.05, 0.1) is 6.61 Å². The Morgan fingerprint density at radius 3 is 2.86 bits per heavy atom. The van der Waals surface area contributed by atoms with Gasteiger partial charge >= 0.3 is 0 Å². The second-order valence-corrected chi connectivity index (χ2v) is 6.44. The Morgan fingerprint density at radius 2 is 2.18 bits per heavy atom. The third kappa shape index (κ3) is 4.05. The van der Waals surface area contributed by atoms with Gasteiger partial charge in [-0.05, 0) is 44.2 Å². The number of aromatic nitrogens is 1. The Labute approximate surface area is 132 Å². The van der Waals surface area contributed by atoms with Crippen molar-refractivity contribution in [2.45, 2.75) is 32.2 Å². The molecule has 2 fully saturated rings. The number of amides is 1.